The Morgan fingerprint density at radius 2 is 2.25 bits per heavy atom. The van der Waals surface area contributed by atoms with Gasteiger partial charge in [-0.3, -0.25) is 14.8 Å². The van der Waals surface area contributed by atoms with Gasteiger partial charge in [0.1, 0.15) is 6.33 Å². The minimum atomic E-state index is -0.468. The Labute approximate surface area is 115 Å². The molecule has 20 heavy (non-hydrogen) atoms. The number of hydrogen-bond donors (Lipinski definition) is 1. The van der Waals surface area contributed by atoms with Gasteiger partial charge >= 0.3 is 5.69 Å². The largest absolute Gasteiger partial charge is 0.490 e. The van der Waals surface area contributed by atoms with Crippen molar-refractivity contribution in [2.45, 2.75) is 6.54 Å². The van der Waals surface area contributed by atoms with Crippen molar-refractivity contribution in [1.29, 1.82) is 0 Å². The van der Waals surface area contributed by atoms with Gasteiger partial charge in [0.2, 0.25) is 5.75 Å². The number of nitrogens with zero attached hydrogens (tertiary/aromatic N) is 4. The first-order chi connectivity index (χ1) is 9.56. The third-order valence-electron chi connectivity index (χ3n) is 2.75. The van der Waals surface area contributed by atoms with E-state index in [0.29, 0.717) is 17.9 Å². The molecule has 2 rings (SSSR count). The summed E-state index contributed by atoms with van der Waals surface area (Å²) in [6.45, 7) is 0.505. The highest BCUT2D eigenvalue weighted by molar-refractivity contribution is 5.72. The van der Waals surface area contributed by atoms with E-state index in [2.05, 4.69) is 15.4 Å². The Hall–Kier alpha value is -2.48. The number of methoxy groups -OCH3 is 1. The van der Waals surface area contributed by atoms with E-state index in [4.69, 9.17) is 4.74 Å². The summed E-state index contributed by atoms with van der Waals surface area (Å²) in [7, 11) is 4.90. The maximum absolute atomic E-state index is 11.2. The Morgan fingerprint density at radius 1 is 1.50 bits per heavy atom. The number of nitrogens with one attached hydrogen (secondary N) is 1. The van der Waals surface area contributed by atoms with E-state index in [-0.39, 0.29) is 11.4 Å². The third kappa shape index (κ3) is 2.59. The topological polar surface area (TPSA) is 95.1 Å². The molecule has 2 aromatic rings. The summed E-state index contributed by atoms with van der Waals surface area (Å²) in [5.41, 5.74) is 1.18. The molecule has 0 saturated heterocycles. The van der Waals surface area contributed by atoms with Gasteiger partial charge in [-0.2, -0.15) is 5.10 Å². The summed E-state index contributed by atoms with van der Waals surface area (Å²) < 4.78 is 6.72. The van der Waals surface area contributed by atoms with Crippen LogP contribution in [0.4, 0.5) is 5.69 Å². The molecule has 0 aliphatic carbocycles. The molecule has 0 bridgehead atoms. The second kappa shape index (κ2) is 5.66. The van der Waals surface area contributed by atoms with E-state index in [1.807, 2.05) is 0 Å². The van der Waals surface area contributed by atoms with Crippen LogP contribution in [-0.4, -0.2) is 33.8 Å². The maximum atomic E-state index is 11.2. The standard InChI is InChI=1S/C12H15N5O3/c1-13-6-8-4-9(12-14-7-16(2)15-12)11(20-3)10(5-8)17(18)19/h4-5,7,13H,6H2,1-3H3. The molecular formula is C12H15N5O3. The van der Waals surface area contributed by atoms with Crippen LogP contribution in [0.1, 0.15) is 5.56 Å². The molecule has 0 saturated carbocycles. The molecule has 0 radical (unpaired) electrons. The van der Waals surface area contributed by atoms with Crippen LogP contribution in [0.25, 0.3) is 11.4 Å². The quantitative estimate of drug-likeness (QED) is 0.650. The first-order valence-corrected chi connectivity index (χ1v) is 5.92. The maximum Gasteiger partial charge on any atom is 0.312 e. The van der Waals surface area contributed by atoms with Gasteiger partial charge < -0.3 is 10.1 Å². The SMILES string of the molecule is CNCc1cc(-c2ncn(C)n2)c(OC)c([N+](=O)[O-])c1. The van der Waals surface area contributed by atoms with E-state index in [0.717, 1.165) is 5.56 Å². The molecule has 0 unspecified atom stereocenters. The van der Waals surface area contributed by atoms with Gasteiger partial charge in [0.15, 0.2) is 5.82 Å². The van der Waals surface area contributed by atoms with Crippen LogP contribution in [0.15, 0.2) is 18.5 Å². The normalized spacial score (nSPS) is 10.6. The molecule has 0 fully saturated rings. The molecule has 106 valence electrons. The van der Waals surface area contributed by atoms with Gasteiger partial charge in [0, 0.05) is 19.7 Å². The summed E-state index contributed by atoms with van der Waals surface area (Å²) >= 11 is 0. The van der Waals surface area contributed by atoms with E-state index < -0.39 is 4.92 Å². The average Bonchev–Trinajstić information content (AvgIpc) is 2.84. The molecule has 0 atom stereocenters. The van der Waals surface area contributed by atoms with E-state index in [9.17, 15) is 10.1 Å². The van der Waals surface area contributed by atoms with Crippen LogP contribution < -0.4 is 10.1 Å². The fourth-order valence-corrected chi connectivity index (χ4v) is 1.96. The lowest BCUT2D eigenvalue weighted by molar-refractivity contribution is -0.385. The number of rotatable bonds is 5. The summed E-state index contributed by atoms with van der Waals surface area (Å²) in [4.78, 5) is 14.8. The minimum absolute atomic E-state index is 0.0947. The van der Waals surface area contributed by atoms with Crippen LogP contribution >= 0.6 is 0 Å². The van der Waals surface area contributed by atoms with Gasteiger partial charge in [-0.15, -0.1) is 0 Å². The van der Waals surface area contributed by atoms with Crippen molar-refractivity contribution in [1.82, 2.24) is 20.1 Å². The first kappa shape index (κ1) is 13.9. The van der Waals surface area contributed by atoms with Crippen molar-refractivity contribution in [3.8, 4) is 17.1 Å². The zero-order valence-electron chi connectivity index (χ0n) is 11.5. The molecule has 0 aliphatic rings. The van der Waals surface area contributed by atoms with Crippen LogP contribution in [0.3, 0.4) is 0 Å². The monoisotopic (exact) mass is 277 g/mol. The van der Waals surface area contributed by atoms with E-state index in [1.54, 1.807) is 20.2 Å². The highest BCUT2D eigenvalue weighted by Crippen LogP contribution is 2.37. The van der Waals surface area contributed by atoms with Gasteiger partial charge in [0.05, 0.1) is 17.6 Å². The van der Waals surface area contributed by atoms with Crippen molar-refractivity contribution < 1.29 is 9.66 Å². The van der Waals surface area contributed by atoms with Gasteiger partial charge in [-0.05, 0) is 18.7 Å². The molecule has 8 heteroatoms. The molecule has 1 heterocycles. The number of ether oxygens (including phenoxy) is 1. The van der Waals surface area contributed by atoms with Crippen molar-refractivity contribution in [3.05, 3.63) is 34.1 Å². The van der Waals surface area contributed by atoms with Gasteiger partial charge in [-0.1, -0.05) is 0 Å². The average molecular weight is 277 g/mol. The lowest BCUT2D eigenvalue weighted by atomic mass is 10.1. The van der Waals surface area contributed by atoms with Crippen LogP contribution in [0.5, 0.6) is 5.75 Å². The summed E-state index contributed by atoms with van der Waals surface area (Å²) in [6.07, 6.45) is 1.53. The molecular weight excluding hydrogens is 262 g/mol. The zero-order chi connectivity index (χ0) is 14.7. The minimum Gasteiger partial charge on any atom is -0.490 e. The fourth-order valence-electron chi connectivity index (χ4n) is 1.96. The first-order valence-electron chi connectivity index (χ1n) is 5.92. The second-order valence-corrected chi connectivity index (χ2v) is 4.23. The van der Waals surface area contributed by atoms with Crippen molar-refractivity contribution in [2.24, 2.45) is 7.05 Å². The molecule has 0 amide bonds. The number of aryl methyl sites for hydroxylation is 1. The molecule has 8 nitrogen and oxygen atoms in total. The number of nitro benzene ring substituents is 1. The van der Waals surface area contributed by atoms with Gasteiger partial charge in [-0.25, -0.2) is 4.98 Å². The number of benzene rings is 1. The Morgan fingerprint density at radius 3 is 2.75 bits per heavy atom. The predicted octanol–water partition coefficient (Wildman–Crippen LogP) is 1.12. The lowest BCUT2D eigenvalue weighted by Crippen LogP contribution is -2.07. The van der Waals surface area contributed by atoms with Crippen LogP contribution in [-0.2, 0) is 13.6 Å². The Kier molecular flexibility index (Phi) is 3.94. The fraction of sp³-hybridized carbons (Fsp3) is 0.333. The highest BCUT2D eigenvalue weighted by atomic mass is 16.6. The Bertz CT molecular complexity index is 638. The van der Waals surface area contributed by atoms with Crippen molar-refractivity contribution in [2.75, 3.05) is 14.2 Å². The van der Waals surface area contributed by atoms with Crippen LogP contribution in [0, 0.1) is 10.1 Å². The van der Waals surface area contributed by atoms with Gasteiger partial charge in [0.25, 0.3) is 0 Å². The number of hydrogen-bond acceptors (Lipinski definition) is 6. The third-order valence-corrected chi connectivity index (χ3v) is 2.75. The Balaban J connectivity index is 2.66. The lowest BCUT2D eigenvalue weighted by Gasteiger charge is -2.09. The predicted molar refractivity (Wildman–Crippen MR) is 72.4 cm³/mol. The van der Waals surface area contributed by atoms with Crippen molar-refractivity contribution >= 4 is 5.69 Å². The van der Waals surface area contributed by atoms with Crippen LogP contribution in [0.2, 0.25) is 0 Å². The molecule has 1 aromatic carbocycles. The molecule has 1 N–H and O–H groups in total. The smallest absolute Gasteiger partial charge is 0.312 e. The van der Waals surface area contributed by atoms with E-state index >= 15 is 0 Å². The molecule has 0 spiro atoms. The molecule has 0 aliphatic heterocycles. The number of aromatic nitrogens is 3. The zero-order valence-corrected chi connectivity index (χ0v) is 11.5. The van der Waals surface area contributed by atoms with E-state index in [1.165, 1.54) is 24.2 Å². The molecule has 1 aromatic heterocycles. The summed E-state index contributed by atoms with van der Waals surface area (Å²) in [5.74, 6) is 0.562. The summed E-state index contributed by atoms with van der Waals surface area (Å²) in [6, 6.07) is 3.28. The number of nitro groups is 1. The van der Waals surface area contributed by atoms with Crippen molar-refractivity contribution in [3.63, 3.8) is 0 Å². The summed E-state index contributed by atoms with van der Waals surface area (Å²) in [5, 5.41) is 18.3. The second-order valence-electron chi connectivity index (χ2n) is 4.23. The highest BCUT2D eigenvalue weighted by Gasteiger charge is 2.23.